The van der Waals surface area contributed by atoms with Crippen LogP contribution in [0.15, 0.2) is 303 Å². The fraction of sp³-hybridized carbons (Fsp3) is 0.0737. The van der Waals surface area contributed by atoms with Crippen LogP contribution in [0.3, 0.4) is 0 Å². The molecule has 5 heterocycles. The molecule has 0 radical (unpaired) electrons. The average Bonchev–Trinajstić information content (AvgIpc) is 1.57. The minimum atomic E-state index is 0. The van der Waals surface area contributed by atoms with Crippen molar-refractivity contribution in [2.45, 2.75) is 47.0 Å². The maximum absolute atomic E-state index is 6.15. The summed E-state index contributed by atoms with van der Waals surface area (Å²) in [6.45, 7) is 4.42. The Morgan fingerprint density at radius 2 is 0.767 bits per heavy atom. The van der Waals surface area contributed by atoms with E-state index in [9.17, 15) is 0 Å². The van der Waals surface area contributed by atoms with Gasteiger partial charge < -0.3 is 0 Å². The van der Waals surface area contributed by atoms with Gasteiger partial charge in [-0.15, -0.1) is 22.7 Å². The minimum Gasteiger partial charge on any atom is -0.278 e. The molecule has 1 aliphatic rings. The standard InChI is InChI=1S/C44H25N3S.C27H16S.C18H11ClN2.C5H12.CH4/c1-2-13-29(14-3-1)42-33-21-18-28-12-6-9-17-32(28)43(33)46-44(45-42)47-36-22-19-26-10-4-7-15-30(26)40(36)34-24-35-39(25-37(34)47)48-38-23-20-27-11-5-8-16-31(27)41(35)38;1-3-7-20-16(5-1)9-10-18-13-19-14-25-23(15-22(19)26(18)20)27-21-8-4-2-6-17(21)11-12-24(27)28-25;19-18-20-16(13-7-2-1-3-8-13)15-11-10-12-6-4-5-9-14(12)17(15)21-18;1-3-5-4-2;/h1-25H;1-12,14-15H,13H2;1-11H;3-5H2,1-2H3;1H4. The van der Waals surface area contributed by atoms with Crippen LogP contribution < -0.4 is 0 Å². The van der Waals surface area contributed by atoms with Gasteiger partial charge in [0, 0.05) is 83.8 Å². The lowest BCUT2D eigenvalue weighted by atomic mass is 9.96. The Kier molecular flexibility index (Phi) is 16.2. The van der Waals surface area contributed by atoms with Gasteiger partial charge in [0.2, 0.25) is 11.2 Å². The molecule has 21 aromatic rings. The molecular weight excluding hydrogens is 1310 g/mol. The van der Waals surface area contributed by atoms with Gasteiger partial charge in [-0.3, -0.25) is 4.57 Å². The first-order valence-corrected chi connectivity index (χ1v) is 37.2. The molecule has 0 bridgehead atoms. The van der Waals surface area contributed by atoms with Gasteiger partial charge in [-0.2, -0.15) is 0 Å². The van der Waals surface area contributed by atoms with Crippen molar-refractivity contribution < 1.29 is 0 Å². The number of aromatic nitrogens is 5. The number of hydrogen-bond acceptors (Lipinski definition) is 6. The van der Waals surface area contributed by atoms with Crippen molar-refractivity contribution in [3.63, 3.8) is 0 Å². The Morgan fingerprint density at radius 1 is 0.330 bits per heavy atom. The highest BCUT2D eigenvalue weighted by atomic mass is 35.5. The third kappa shape index (κ3) is 10.9. The van der Waals surface area contributed by atoms with Gasteiger partial charge in [-0.1, -0.05) is 289 Å². The van der Waals surface area contributed by atoms with Crippen LogP contribution in [-0.2, 0) is 6.42 Å². The van der Waals surface area contributed by atoms with E-state index in [0.29, 0.717) is 5.95 Å². The fourth-order valence-electron chi connectivity index (χ4n) is 15.8. The van der Waals surface area contributed by atoms with E-state index in [1.165, 1.54) is 141 Å². The SMILES string of the molecule is C.CCCCC.Clc1nc(-c2ccccc2)c2ccc3ccccc3c2n1.c1ccc(-c2nc(-n3c4cc5sc6ccc7ccccc7c6c5cc4c4c5ccccc5ccc43)nc3c2ccc2ccccc23)cc1.c1ccc2c3c(ccc2c1)Cc1cc2sc4ccc5ccccc5c4c2cc1-3. The van der Waals surface area contributed by atoms with Gasteiger partial charge in [0.15, 0.2) is 0 Å². The van der Waals surface area contributed by atoms with Gasteiger partial charge in [-0.05, 0) is 149 Å². The van der Waals surface area contributed by atoms with E-state index in [2.05, 4.69) is 289 Å². The predicted molar refractivity (Wildman–Crippen MR) is 447 cm³/mol. The second-order valence-corrected chi connectivity index (χ2v) is 29.1. The first kappa shape index (κ1) is 63.5. The average molecular weight is 1380 g/mol. The Bertz CT molecular complexity index is 6930. The number of rotatable bonds is 5. The van der Waals surface area contributed by atoms with Gasteiger partial charge in [0.25, 0.3) is 0 Å². The van der Waals surface area contributed by atoms with E-state index in [-0.39, 0.29) is 12.7 Å². The molecule has 0 fully saturated rings. The lowest BCUT2D eigenvalue weighted by molar-refractivity contribution is 0.772. The summed E-state index contributed by atoms with van der Waals surface area (Å²) in [5.41, 5.74) is 13.8. The Balaban J connectivity index is 0.000000116. The number of benzene rings is 16. The number of fused-ring (bicyclic) bond motifs is 26. The van der Waals surface area contributed by atoms with E-state index in [0.717, 1.165) is 77.9 Å². The largest absolute Gasteiger partial charge is 0.278 e. The molecule has 0 amide bonds. The highest BCUT2D eigenvalue weighted by Crippen LogP contribution is 2.49. The van der Waals surface area contributed by atoms with Crippen molar-refractivity contribution in [2.75, 3.05) is 0 Å². The van der Waals surface area contributed by atoms with E-state index in [1.54, 1.807) is 0 Å². The van der Waals surface area contributed by atoms with Gasteiger partial charge in [0.1, 0.15) is 0 Å². The molecule has 0 atom stereocenters. The molecule has 5 aromatic heterocycles. The number of hydrogen-bond donors (Lipinski definition) is 0. The predicted octanol–water partition coefficient (Wildman–Crippen LogP) is 28.1. The van der Waals surface area contributed by atoms with Gasteiger partial charge >= 0.3 is 0 Å². The highest BCUT2D eigenvalue weighted by Gasteiger charge is 2.25. The smallest absolute Gasteiger partial charge is 0.235 e. The molecule has 0 saturated heterocycles. The lowest BCUT2D eigenvalue weighted by Gasteiger charge is -2.13. The normalized spacial score (nSPS) is 11.8. The number of nitrogens with zero attached hydrogens (tertiary/aromatic N) is 5. The molecule has 22 rings (SSSR count). The van der Waals surface area contributed by atoms with Crippen LogP contribution in [-0.4, -0.2) is 24.5 Å². The first-order chi connectivity index (χ1) is 50.4. The van der Waals surface area contributed by atoms with Crippen LogP contribution in [0.5, 0.6) is 0 Å². The lowest BCUT2D eigenvalue weighted by Crippen LogP contribution is -2.03. The molecule has 1 aliphatic carbocycles. The molecular formula is C95H68ClN5S2. The third-order valence-corrected chi connectivity index (χ3v) is 22.9. The molecule has 0 spiro atoms. The van der Waals surface area contributed by atoms with Crippen molar-refractivity contribution in [3.05, 3.63) is 320 Å². The number of thiophene rings is 2. The molecule has 0 aliphatic heterocycles. The summed E-state index contributed by atoms with van der Waals surface area (Å²) < 4.78 is 7.65. The maximum atomic E-state index is 6.15. The topological polar surface area (TPSA) is 56.5 Å². The Labute approximate surface area is 609 Å². The number of unbranched alkanes of at least 4 members (excludes halogenated alkanes) is 2. The molecule has 103 heavy (non-hydrogen) atoms. The third-order valence-electron chi connectivity index (χ3n) is 20.5. The summed E-state index contributed by atoms with van der Waals surface area (Å²) in [7, 11) is 0. The summed E-state index contributed by atoms with van der Waals surface area (Å²) in [6, 6.07) is 109. The van der Waals surface area contributed by atoms with Crippen molar-refractivity contribution in [3.8, 4) is 39.6 Å². The van der Waals surface area contributed by atoms with Crippen LogP contribution in [0.2, 0.25) is 5.28 Å². The van der Waals surface area contributed by atoms with E-state index in [4.69, 9.17) is 21.6 Å². The second-order valence-electron chi connectivity index (χ2n) is 26.6. The molecule has 5 nitrogen and oxygen atoms in total. The Morgan fingerprint density at radius 3 is 1.32 bits per heavy atom. The van der Waals surface area contributed by atoms with Crippen LogP contribution in [0, 0.1) is 0 Å². The first-order valence-electron chi connectivity index (χ1n) is 35.1. The monoisotopic (exact) mass is 1380 g/mol. The zero-order valence-electron chi connectivity index (χ0n) is 56.1. The van der Waals surface area contributed by atoms with Crippen LogP contribution >= 0.6 is 34.3 Å². The zero-order valence-corrected chi connectivity index (χ0v) is 58.5. The molecule has 8 heteroatoms. The Hall–Kier alpha value is -11.7. The molecule has 16 aromatic carbocycles. The van der Waals surface area contributed by atoms with Gasteiger partial charge in [-0.25, -0.2) is 19.9 Å². The van der Waals surface area contributed by atoms with E-state index >= 15 is 0 Å². The highest BCUT2D eigenvalue weighted by molar-refractivity contribution is 7.26. The summed E-state index contributed by atoms with van der Waals surface area (Å²) in [5, 5.41) is 25.2. The minimum absolute atomic E-state index is 0. The van der Waals surface area contributed by atoms with Crippen molar-refractivity contribution >= 4 is 183 Å². The summed E-state index contributed by atoms with van der Waals surface area (Å²) in [5.74, 6) is 0.680. The molecule has 0 saturated carbocycles. The molecule has 492 valence electrons. The van der Waals surface area contributed by atoms with Crippen molar-refractivity contribution in [1.29, 1.82) is 0 Å². The summed E-state index contributed by atoms with van der Waals surface area (Å²) in [4.78, 5) is 19.7. The fourth-order valence-corrected chi connectivity index (χ4v) is 18.3. The summed E-state index contributed by atoms with van der Waals surface area (Å²) in [6.07, 6.45) is 5.12. The van der Waals surface area contributed by atoms with E-state index < -0.39 is 0 Å². The van der Waals surface area contributed by atoms with Crippen LogP contribution in [0.25, 0.3) is 188 Å². The summed E-state index contributed by atoms with van der Waals surface area (Å²) >= 11 is 9.94. The molecule has 0 N–H and O–H groups in total. The van der Waals surface area contributed by atoms with Crippen LogP contribution in [0.1, 0.15) is 51.7 Å². The van der Waals surface area contributed by atoms with Crippen LogP contribution in [0.4, 0.5) is 0 Å². The maximum Gasteiger partial charge on any atom is 0.235 e. The second kappa shape index (κ2) is 26.3. The van der Waals surface area contributed by atoms with E-state index in [1.807, 2.05) is 65.1 Å². The van der Waals surface area contributed by atoms with Crippen molar-refractivity contribution in [2.24, 2.45) is 0 Å². The molecule has 0 unspecified atom stereocenters. The van der Waals surface area contributed by atoms with Crippen molar-refractivity contribution in [1.82, 2.24) is 24.5 Å². The van der Waals surface area contributed by atoms with Gasteiger partial charge in [0.05, 0.1) is 33.5 Å². The number of halogens is 1. The zero-order chi connectivity index (χ0) is 67.9. The quantitative estimate of drug-likeness (QED) is 0.127.